The van der Waals surface area contributed by atoms with Gasteiger partial charge in [-0.2, -0.15) is 0 Å². The molecule has 1 aromatic heterocycles. The van der Waals surface area contributed by atoms with Crippen LogP contribution in [0.15, 0.2) is 23.5 Å². The maximum Gasteiger partial charge on any atom is 0.192 e. The average Bonchev–Trinajstić information content (AvgIpc) is 2.73. The molecule has 0 fully saturated rings. The first-order chi connectivity index (χ1) is 8.07. The Balaban J connectivity index is 2.61. The van der Waals surface area contributed by atoms with Crippen LogP contribution < -0.4 is 0 Å². The van der Waals surface area contributed by atoms with Crippen LogP contribution in [0, 0.1) is 17.7 Å². The summed E-state index contributed by atoms with van der Waals surface area (Å²) in [6.07, 6.45) is 5.52. The van der Waals surface area contributed by atoms with Gasteiger partial charge >= 0.3 is 0 Å². The molecule has 0 aromatic carbocycles. The van der Waals surface area contributed by atoms with Gasteiger partial charge in [0, 0.05) is 13.5 Å². The van der Waals surface area contributed by atoms with Gasteiger partial charge in [-0.3, -0.25) is 10.8 Å². The summed E-state index contributed by atoms with van der Waals surface area (Å²) in [6.45, 7) is 5.42. The number of unbranched alkanes of at least 4 members (excludes halogenated alkanes) is 1. The van der Waals surface area contributed by atoms with Crippen LogP contribution in [0.3, 0.4) is 0 Å². The summed E-state index contributed by atoms with van der Waals surface area (Å²) in [5.41, 5.74) is 0.667. The number of rotatable bonds is 5. The van der Waals surface area contributed by atoms with Gasteiger partial charge in [0.15, 0.2) is 18.0 Å². The lowest BCUT2D eigenvalue weighted by Crippen LogP contribution is -2.32. The van der Waals surface area contributed by atoms with E-state index in [0.29, 0.717) is 23.7 Å². The zero-order valence-corrected chi connectivity index (χ0v) is 10.3. The van der Waals surface area contributed by atoms with Gasteiger partial charge in [-0.25, -0.2) is 4.98 Å². The Morgan fingerprint density at radius 1 is 1.59 bits per heavy atom. The maximum atomic E-state index is 7.94. The molecule has 0 aliphatic rings. The molecule has 0 aliphatic carbocycles. The molecular formula is C12H18N4O. The molecule has 1 aromatic rings. The van der Waals surface area contributed by atoms with Crippen molar-refractivity contribution < 1.29 is 4.42 Å². The van der Waals surface area contributed by atoms with E-state index in [1.54, 1.807) is 14.0 Å². The molecule has 0 saturated carbocycles. The lowest BCUT2D eigenvalue weighted by Gasteiger charge is -2.19. The van der Waals surface area contributed by atoms with Crippen molar-refractivity contribution >= 4 is 11.7 Å². The van der Waals surface area contributed by atoms with Crippen molar-refractivity contribution in [2.45, 2.75) is 26.2 Å². The van der Waals surface area contributed by atoms with E-state index in [-0.39, 0.29) is 5.84 Å². The van der Waals surface area contributed by atoms with Crippen LogP contribution in [0.4, 0.5) is 0 Å². The number of hydrogen-bond acceptors (Lipinski definition) is 4. The monoisotopic (exact) mass is 234 g/mol. The van der Waals surface area contributed by atoms with Crippen LogP contribution in [0.1, 0.15) is 30.7 Å². The number of nitrogens with one attached hydrogen (secondary N) is 2. The first kappa shape index (κ1) is 13.2. The quantitative estimate of drug-likeness (QED) is 0.356. The molecule has 5 nitrogen and oxygen atoms in total. The second-order valence-corrected chi connectivity index (χ2v) is 3.80. The summed E-state index contributed by atoms with van der Waals surface area (Å²) in [6, 6.07) is 0. The van der Waals surface area contributed by atoms with Crippen LogP contribution in [0.5, 0.6) is 0 Å². The third kappa shape index (κ3) is 3.27. The second-order valence-electron chi connectivity index (χ2n) is 3.80. The molecule has 5 heteroatoms. The number of aryl methyl sites for hydroxylation is 1. The van der Waals surface area contributed by atoms with E-state index in [4.69, 9.17) is 15.2 Å². The predicted octanol–water partition coefficient (Wildman–Crippen LogP) is 2.57. The van der Waals surface area contributed by atoms with Crippen LogP contribution in [0.2, 0.25) is 0 Å². The van der Waals surface area contributed by atoms with E-state index >= 15 is 0 Å². The summed E-state index contributed by atoms with van der Waals surface area (Å²) < 4.78 is 5.13. The minimum atomic E-state index is 0.170. The average molecular weight is 234 g/mol. The molecule has 1 rings (SSSR count). The molecule has 0 spiro atoms. The SMILES string of the molecule is C=CCCCC(=N)N(C)C(=N)c1ocnc1C. The van der Waals surface area contributed by atoms with E-state index in [2.05, 4.69) is 11.6 Å². The number of oxazole rings is 1. The number of amidine groups is 2. The van der Waals surface area contributed by atoms with Gasteiger partial charge in [0.25, 0.3) is 0 Å². The van der Waals surface area contributed by atoms with E-state index in [0.717, 1.165) is 12.8 Å². The van der Waals surface area contributed by atoms with Gasteiger partial charge < -0.3 is 9.32 Å². The lowest BCUT2D eigenvalue weighted by molar-refractivity contribution is 0.532. The Bertz CT molecular complexity index is 422. The van der Waals surface area contributed by atoms with Crippen LogP contribution in [-0.2, 0) is 0 Å². The van der Waals surface area contributed by atoms with Gasteiger partial charge in [-0.15, -0.1) is 6.58 Å². The van der Waals surface area contributed by atoms with Gasteiger partial charge in [0.2, 0.25) is 0 Å². The highest BCUT2D eigenvalue weighted by molar-refractivity contribution is 6.05. The van der Waals surface area contributed by atoms with Crippen molar-refractivity contribution in [1.29, 1.82) is 10.8 Å². The number of hydrogen-bond donors (Lipinski definition) is 2. The highest BCUT2D eigenvalue weighted by Gasteiger charge is 2.17. The fourth-order valence-electron chi connectivity index (χ4n) is 1.40. The first-order valence-corrected chi connectivity index (χ1v) is 5.49. The molecule has 0 unspecified atom stereocenters. The van der Waals surface area contributed by atoms with Crippen molar-refractivity contribution in [3.05, 3.63) is 30.5 Å². The topological polar surface area (TPSA) is 77.0 Å². The highest BCUT2D eigenvalue weighted by atomic mass is 16.3. The third-order valence-electron chi connectivity index (χ3n) is 2.52. The fourth-order valence-corrected chi connectivity index (χ4v) is 1.40. The molecule has 17 heavy (non-hydrogen) atoms. The van der Waals surface area contributed by atoms with Crippen LogP contribution in [-0.4, -0.2) is 28.6 Å². The number of allylic oxidation sites excluding steroid dienone is 1. The molecule has 0 bridgehead atoms. The number of nitrogens with zero attached hydrogens (tertiary/aromatic N) is 2. The molecule has 2 N–H and O–H groups in total. The predicted molar refractivity (Wildman–Crippen MR) is 67.6 cm³/mol. The molecule has 0 amide bonds. The minimum Gasteiger partial charge on any atom is -0.440 e. The zero-order valence-electron chi connectivity index (χ0n) is 10.3. The molecule has 0 saturated heterocycles. The highest BCUT2D eigenvalue weighted by Crippen LogP contribution is 2.10. The molecule has 0 radical (unpaired) electrons. The number of aromatic nitrogens is 1. The zero-order chi connectivity index (χ0) is 12.8. The summed E-state index contributed by atoms with van der Waals surface area (Å²) >= 11 is 0. The molecule has 92 valence electrons. The Morgan fingerprint density at radius 2 is 2.29 bits per heavy atom. The third-order valence-corrected chi connectivity index (χ3v) is 2.52. The Hall–Kier alpha value is -1.91. The second kappa shape index (κ2) is 5.98. The Morgan fingerprint density at radius 3 is 2.82 bits per heavy atom. The van der Waals surface area contributed by atoms with Crippen molar-refractivity contribution in [3.8, 4) is 0 Å². The van der Waals surface area contributed by atoms with Gasteiger partial charge in [-0.05, 0) is 19.8 Å². The normalized spacial score (nSPS) is 10.0. The van der Waals surface area contributed by atoms with E-state index in [9.17, 15) is 0 Å². The lowest BCUT2D eigenvalue weighted by atomic mass is 10.2. The first-order valence-electron chi connectivity index (χ1n) is 5.49. The summed E-state index contributed by atoms with van der Waals surface area (Å²) in [4.78, 5) is 5.45. The molecule has 0 atom stereocenters. The van der Waals surface area contributed by atoms with Crippen molar-refractivity contribution in [3.63, 3.8) is 0 Å². The van der Waals surface area contributed by atoms with Crippen molar-refractivity contribution in [1.82, 2.24) is 9.88 Å². The molecular weight excluding hydrogens is 216 g/mol. The van der Waals surface area contributed by atoms with Gasteiger partial charge in [0.05, 0.1) is 5.69 Å². The van der Waals surface area contributed by atoms with Crippen LogP contribution >= 0.6 is 0 Å². The summed E-state index contributed by atoms with van der Waals surface area (Å²) in [5.74, 6) is 0.984. The van der Waals surface area contributed by atoms with E-state index in [1.807, 2.05) is 6.08 Å². The standard InChI is InChI=1S/C12H18N4O/c1-4-5-6-7-10(13)16(3)12(14)11-9(2)15-8-17-11/h4,8,13-14H,1,5-7H2,2-3H3. The van der Waals surface area contributed by atoms with Gasteiger partial charge in [0.1, 0.15) is 5.84 Å². The van der Waals surface area contributed by atoms with Gasteiger partial charge in [-0.1, -0.05) is 6.08 Å². The maximum absolute atomic E-state index is 7.94. The van der Waals surface area contributed by atoms with E-state index < -0.39 is 0 Å². The molecule has 1 heterocycles. The molecule has 0 aliphatic heterocycles. The van der Waals surface area contributed by atoms with Crippen LogP contribution in [0.25, 0.3) is 0 Å². The Labute approximate surface area is 101 Å². The summed E-state index contributed by atoms with van der Waals surface area (Å²) in [5, 5.41) is 15.8. The fraction of sp³-hybridized carbons (Fsp3) is 0.417. The minimum absolute atomic E-state index is 0.170. The van der Waals surface area contributed by atoms with Crippen molar-refractivity contribution in [2.24, 2.45) is 0 Å². The summed E-state index contributed by atoms with van der Waals surface area (Å²) in [7, 11) is 1.69. The Kier molecular flexibility index (Phi) is 4.63. The largest absolute Gasteiger partial charge is 0.440 e. The van der Waals surface area contributed by atoms with Crippen molar-refractivity contribution in [2.75, 3.05) is 7.05 Å². The van der Waals surface area contributed by atoms with E-state index in [1.165, 1.54) is 11.3 Å². The smallest absolute Gasteiger partial charge is 0.192 e.